The second-order valence-electron chi connectivity index (χ2n) is 13.6. The van der Waals surface area contributed by atoms with Crippen molar-refractivity contribution < 1.29 is 8.83 Å². The van der Waals surface area contributed by atoms with Gasteiger partial charge in [-0.3, -0.25) is 0 Å². The summed E-state index contributed by atoms with van der Waals surface area (Å²) in [5.41, 5.74) is 13.1. The molecule has 0 saturated heterocycles. The van der Waals surface area contributed by atoms with Crippen molar-refractivity contribution in [2.45, 2.75) is 0 Å². The fraction of sp³-hybridized carbons (Fsp3) is 0. The maximum Gasteiger partial charge on any atom is 0.143 e. The summed E-state index contributed by atoms with van der Waals surface area (Å²) in [5.74, 6) is 0. The van der Waals surface area contributed by atoms with Gasteiger partial charge in [-0.15, -0.1) is 0 Å². The van der Waals surface area contributed by atoms with E-state index in [9.17, 15) is 0 Å². The van der Waals surface area contributed by atoms with Gasteiger partial charge in [0, 0.05) is 27.1 Å². The highest BCUT2D eigenvalue weighted by Crippen LogP contribution is 2.45. The third-order valence-electron chi connectivity index (χ3n) is 10.7. The van der Waals surface area contributed by atoms with Crippen LogP contribution < -0.4 is 0 Å². The lowest BCUT2D eigenvalue weighted by Crippen LogP contribution is -1.91. The van der Waals surface area contributed by atoms with Crippen LogP contribution in [0.1, 0.15) is 0 Å². The molecule has 9 aromatic carbocycles. The molecule has 11 aromatic rings. The maximum absolute atomic E-state index is 6.39. The van der Waals surface area contributed by atoms with E-state index in [1.54, 1.807) is 0 Å². The highest BCUT2D eigenvalue weighted by molar-refractivity contribution is 6.21. The summed E-state index contributed by atoms with van der Waals surface area (Å²) >= 11 is 0. The Morgan fingerprint density at radius 2 is 0.712 bits per heavy atom. The van der Waals surface area contributed by atoms with Gasteiger partial charge in [0.1, 0.15) is 22.3 Å². The molecule has 0 aliphatic carbocycles. The molecule has 242 valence electrons. The number of rotatable bonds is 4. The average molecular weight is 663 g/mol. The van der Waals surface area contributed by atoms with Crippen molar-refractivity contribution in [3.05, 3.63) is 182 Å². The quantitative estimate of drug-likeness (QED) is 0.175. The first-order valence-electron chi connectivity index (χ1n) is 17.8. The summed E-state index contributed by atoms with van der Waals surface area (Å²) in [7, 11) is 0. The summed E-state index contributed by atoms with van der Waals surface area (Å²) in [6.45, 7) is 0. The van der Waals surface area contributed by atoms with Gasteiger partial charge in [-0.05, 0) is 90.8 Å². The van der Waals surface area contributed by atoms with Gasteiger partial charge < -0.3 is 8.83 Å². The van der Waals surface area contributed by atoms with E-state index in [0.717, 1.165) is 55.0 Å². The van der Waals surface area contributed by atoms with E-state index in [-0.39, 0.29) is 0 Å². The van der Waals surface area contributed by atoms with Crippen molar-refractivity contribution in [3.63, 3.8) is 0 Å². The highest BCUT2D eigenvalue weighted by atomic mass is 16.3. The van der Waals surface area contributed by atoms with Crippen LogP contribution in [0, 0.1) is 0 Å². The molecule has 0 saturated carbocycles. The zero-order valence-electron chi connectivity index (χ0n) is 28.1. The highest BCUT2D eigenvalue weighted by Gasteiger charge is 2.18. The number of hydrogen-bond donors (Lipinski definition) is 0. The van der Waals surface area contributed by atoms with Crippen molar-refractivity contribution >= 4 is 65.4 Å². The first-order valence-corrected chi connectivity index (χ1v) is 17.8. The van der Waals surface area contributed by atoms with Gasteiger partial charge in [-0.25, -0.2) is 0 Å². The number of benzene rings is 9. The van der Waals surface area contributed by atoms with Crippen molar-refractivity contribution in [2.75, 3.05) is 0 Å². The Kier molecular flexibility index (Phi) is 6.28. The minimum atomic E-state index is 0.910. The molecule has 0 aliphatic rings. The maximum atomic E-state index is 6.39. The van der Waals surface area contributed by atoms with Crippen LogP contribution in [0.15, 0.2) is 191 Å². The molecule has 0 unspecified atom stereocenters. The smallest absolute Gasteiger partial charge is 0.143 e. The predicted octanol–water partition coefficient (Wildman–Crippen LogP) is 14.5. The molecule has 0 bridgehead atoms. The first-order chi connectivity index (χ1) is 25.8. The molecule has 2 heterocycles. The molecule has 0 N–H and O–H groups in total. The van der Waals surface area contributed by atoms with E-state index in [1.807, 2.05) is 24.3 Å². The van der Waals surface area contributed by atoms with E-state index < -0.39 is 0 Å². The molecule has 0 spiro atoms. The van der Waals surface area contributed by atoms with Crippen LogP contribution in [-0.4, -0.2) is 0 Å². The van der Waals surface area contributed by atoms with Gasteiger partial charge in [0.2, 0.25) is 0 Å². The Hall–Kier alpha value is -6.90. The third-order valence-corrected chi connectivity index (χ3v) is 10.7. The molecule has 0 radical (unpaired) electrons. The summed E-state index contributed by atoms with van der Waals surface area (Å²) in [4.78, 5) is 0. The van der Waals surface area contributed by atoms with E-state index in [1.165, 1.54) is 54.9 Å². The second-order valence-corrected chi connectivity index (χ2v) is 13.6. The number of hydrogen-bond acceptors (Lipinski definition) is 2. The Balaban J connectivity index is 1.06. The normalized spacial score (nSPS) is 11.8. The zero-order chi connectivity index (χ0) is 34.2. The van der Waals surface area contributed by atoms with Crippen LogP contribution in [0.2, 0.25) is 0 Å². The van der Waals surface area contributed by atoms with Crippen LogP contribution in [0.3, 0.4) is 0 Å². The largest absolute Gasteiger partial charge is 0.456 e. The standard InChI is InChI=1S/C50H30O2/c1-3-17-41-39(15-1)48(32-25-23-31(24-26-32)36-19-10-20-43-37-13-5-8-22-46(37)52-50(36)43)40-16-2-4-18-42(40)49(41)35-12-9-11-33(29-35)34-27-28-47-44(30-34)38-14-6-7-21-45(38)51-47/h1-30H. The molecule has 0 aliphatic heterocycles. The van der Waals surface area contributed by atoms with E-state index in [4.69, 9.17) is 8.83 Å². The Bertz CT molecular complexity index is 3120. The molecule has 52 heavy (non-hydrogen) atoms. The molecule has 2 aromatic heterocycles. The summed E-state index contributed by atoms with van der Waals surface area (Å²) in [6.07, 6.45) is 0. The van der Waals surface area contributed by atoms with Gasteiger partial charge in [-0.2, -0.15) is 0 Å². The number of furan rings is 2. The predicted molar refractivity (Wildman–Crippen MR) is 218 cm³/mol. The number of para-hydroxylation sites is 3. The first kappa shape index (κ1) is 28.9. The summed E-state index contributed by atoms with van der Waals surface area (Å²) in [5, 5.41) is 9.51. The van der Waals surface area contributed by atoms with Crippen molar-refractivity contribution in [1.82, 2.24) is 0 Å². The molecular formula is C50H30O2. The molecule has 2 heteroatoms. The van der Waals surface area contributed by atoms with Gasteiger partial charge in [0.05, 0.1) is 0 Å². The fourth-order valence-corrected chi connectivity index (χ4v) is 8.30. The van der Waals surface area contributed by atoms with Gasteiger partial charge in [0.25, 0.3) is 0 Å². The Morgan fingerprint density at radius 3 is 1.40 bits per heavy atom. The second kappa shape index (κ2) is 11.3. The lowest BCUT2D eigenvalue weighted by molar-refractivity contribution is 0.669. The molecule has 2 nitrogen and oxygen atoms in total. The van der Waals surface area contributed by atoms with E-state index in [0.29, 0.717) is 0 Å². The topological polar surface area (TPSA) is 26.3 Å². The van der Waals surface area contributed by atoms with Gasteiger partial charge >= 0.3 is 0 Å². The lowest BCUT2D eigenvalue weighted by Gasteiger charge is -2.18. The van der Waals surface area contributed by atoms with Crippen LogP contribution >= 0.6 is 0 Å². The van der Waals surface area contributed by atoms with Gasteiger partial charge in [0.15, 0.2) is 0 Å². The van der Waals surface area contributed by atoms with Crippen molar-refractivity contribution in [2.24, 2.45) is 0 Å². The minimum Gasteiger partial charge on any atom is -0.456 e. The zero-order valence-corrected chi connectivity index (χ0v) is 28.1. The third kappa shape index (κ3) is 4.38. The molecular weight excluding hydrogens is 633 g/mol. The minimum absolute atomic E-state index is 0.910. The molecule has 11 rings (SSSR count). The summed E-state index contributed by atoms with van der Waals surface area (Å²) in [6, 6.07) is 65.2. The lowest BCUT2D eigenvalue weighted by atomic mass is 9.85. The SMILES string of the molecule is c1cc(-c2ccc3oc4ccccc4c3c2)cc(-c2c3ccccc3c(-c3ccc(-c4cccc5c4oc4ccccc45)cc3)c3ccccc23)c1. The van der Waals surface area contributed by atoms with Gasteiger partial charge in [-0.1, -0.05) is 152 Å². The Morgan fingerprint density at radius 1 is 0.250 bits per heavy atom. The average Bonchev–Trinajstić information content (AvgIpc) is 3.78. The van der Waals surface area contributed by atoms with E-state index in [2.05, 4.69) is 158 Å². The summed E-state index contributed by atoms with van der Waals surface area (Å²) < 4.78 is 12.5. The fourth-order valence-electron chi connectivity index (χ4n) is 8.30. The number of fused-ring (bicyclic) bond motifs is 8. The van der Waals surface area contributed by atoms with Crippen LogP contribution in [-0.2, 0) is 0 Å². The molecule has 0 atom stereocenters. The molecule has 0 fully saturated rings. The van der Waals surface area contributed by atoms with Crippen LogP contribution in [0.4, 0.5) is 0 Å². The Labute approximate surface area is 299 Å². The van der Waals surface area contributed by atoms with Crippen molar-refractivity contribution in [3.8, 4) is 44.5 Å². The van der Waals surface area contributed by atoms with Crippen molar-refractivity contribution in [1.29, 1.82) is 0 Å². The van der Waals surface area contributed by atoms with E-state index >= 15 is 0 Å². The van der Waals surface area contributed by atoms with Crippen LogP contribution in [0.25, 0.3) is 110 Å². The van der Waals surface area contributed by atoms with Crippen LogP contribution in [0.5, 0.6) is 0 Å². The molecule has 0 amide bonds. The monoisotopic (exact) mass is 662 g/mol.